The molecule has 0 saturated heterocycles. The molecule has 3 N–H and O–H groups in total. The van der Waals surface area contributed by atoms with Crippen LogP contribution in [0.4, 0.5) is 4.79 Å². The fourth-order valence-corrected chi connectivity index (χ4v) is 0.859. The fourth-order valence-electron chi connectivity index (χ4n) is 0.397. The summed E-state index contributed by atoms with van der Waals surface area (Å²) in [4.78, 5) is 10.0. The summed E-state index contributed by atoms with van der Waals surface area (Å²) in [6.45, 7) is 0.171. The first-order valence-corrected chi connectivity index (χ1v) is 4.72. The lowest BCUT2D eigenvalue weighted by molar-refractivity contribution is 0.248. The number of hydrogen-bond acceptors (Lipinski definition) is 3. The normalized spacial score (nSPS) is 11.0. The SMILES string of the molecule is CS(=O)(=O)NCC[N]C(N)=O. The van der Waals surface area contributed by atoms with Crippen LogP contribution in [0.5, 0.6) is 0 Å². The van der Waals surface area contributed by atoms with Gasteiger partial charge in [-0.3, -0.25) is 0 Å². The van der Waals surface area contributed by atoms with Crippen molar-refractivity contribution in [1.29, 1.82) is 0 Å². The van der Waals surface area contributed by atoms with Gasteiger partial charge in [0.2, 0.25) is 10.0 Å². The molecule has 0 rings (SSSR count). The molecule has 1 radical (unpaired) electrons. The molecule has 0 heterocycles. The van der Waals surface area contributed by atoms with Crippen molar-refractivity contribution in [3.05, 3.63) is 0 Å². The van der Waals surface area contributed by atoms with Crippen molar-refractivity contribution in [3.8, 4) is 0 Å². The number of primary amides is 1. The Hall–Kier alpha value is -0.820. The van der Waals surface area contributed by atoms with E-state index in [4.69, 9.17) is 0 Å². The van der Waals surface area contributed by atoms with Crippen molar-refractivity contribution in [2.45, 2.75) is 0 Å². The van der Waals surface area contributed by atoms with Crippen LogP contribution in [0.3, 0.4) is 0 Å². The standard InChI is InChI=1S/C4H10N3O3S/c1-11(9,10)7-3-2-6-4(5)8/h7H,2-3H2,1H3,(H2,5,8). The first-order chi connectivity index (χ1) is 4.92. The van der Waals surface area contributed by atoms with Gasteiger partial charge in [-0.1, -0.05) is 0 Å². The van der Waals surface area contributed by atoms with Gasteiger partial charge in [0.1, 0.15) is 0 Å². The number of amides is 2. The molecular formula is C4H10N3O3S. The van der Waals surface area contributed by atoms with Crippen molar-refractivity contribution in [1.82, 2.24) is 10.0 Å². The summed E-state index contributed by atoms with van der Waals surface area (Å²) in [5.41, 5.74) is 4.66. The lowest BCUT2D eigenvalue weighted by Gasteiger charge is -1.99. The molecule has 0 aromatic rings. The predicted molar refractivity (Wildman–Crippen MR) is 39.4 cm³/mol. The first-order valence-electron chi connectivity index (χ1n) is 2.83. The van der Waals surface area contributed by atoms with Crippen LogP contribution in [0.25, 0.3) is 0 Å². The van der Waals surface area contributed by atoms with E-state index in [1.54, 1.807) is 0 Å². The molecule has 0 aliphatic heterocycles. The number of nitrogens with one attached hydrogen (secondary N) is 1. The molecule has 2 amide bonds. The zero-order valence-electron chi connectivity index (χ0n) is 6.07. The summed E-state index contributed by atoms with van der Waals surface area (Å²) in [5.74, 6) is 0. The highest BCUT2D eigenvalue weighted by molar-refractivity contribution is 7.88. The Morgan fingerprint density at radius 2 is 2.18 bits per heavy atom. The quantitative estimate of drug-likeness (QED) is 0.500. The van der Waals surface area contributed by atoms with E-state index in [1.807, 2.05) is 0 Å². The largest absolute Gasteiger partial charge is 0.350 e. The molecule has 0 fully saturated rings. The summed E-state index contributed by atoms with van der Waals surface area (Å²) in [5, 5.41) is 3.24. The number of sulfonamides is 1. The van der Waals surface area contributed by atoms with Crippen molar-refractivity contribution in [2.24, 2.45) is 5.73 Å². The molecule has 0 aromatic heterocycles. The molecule has 7 heteroatoms. The van der Waals surface area contributed by atoms with E-state index in [-0.39, 0.29) is 13.1 Å². The van der Waals surface area contributed by atoms with Crippen molar-refractivity contribution < 1.29 is 13.2 Å². The summed E-state index contributed by atoms with van der Waals surface area (Å²) < 4.78 is 23.0. The van der Waals surface area contributed by atoms with Gasteiger partial charge in [0.05, 0.1) is 12.8 Å². The third-order valence-electron chi connectivity index (χ3n) is 0.744. The summed E-state index contributed by atoms with van der Waals surface area (Å²) in [7, 11) is -3.18. The molecule has 0 bridgehead atoms. The van der Waals surface area contributed by atoms with Crippen molar-refractivity contribution in [2.75, 3.05) is 19.3 Å². The summed E-state index contributed by atoms with van der Waals surface area (Å²) in [6.07, 6.45) is 1.03. The predicted octanol–water partition coefficient (Wildman–Crippen LogP) is -1.78. The average molecular weight is 180 g/mol. The van der Waals surface area contributed by atoms with Gasteiger partial charge in [-0.15, -0.1) is 0 Å². The Bertz CT molecular complexity index is 223. The van der Waals surface area contributed by atoms with Gasteiger partial charge in [0.15, 0.2) is 0 Å². The average Bonchev–Trinajstić information content (AvgIpc) is 1.78. The van der Waals surface area contributed by atoms with E-state index >= 15 is 0 Å². The minimum Gasteiger partial charge on any atom is -0.350 e. The molecule has 0 unspecified atom stereocenters. The van der Waals surface area contributed by atoms with Crippen LogP contribution in [0.15, 0.2) is 0 Å². The number of carbonyl (C=O) groups excluding carboxylic acids is 1. The third kappa shape index (κ3) is 9.18. The van der Waals surface area contributed by atoms with Crippen LogP contribution in [0.2, 0.25) is 0 Å². The van der Waals surface area contributed by atoms with Gasteiger partial charge in [0, 0.05) is 6.54 Å². The minimum atomic E-state index is -3.18. The summed E-state index contributed by atoms with van der Waals surface area (Å²) in [6, 6.07) is -0.791. The number of nitrogens with two attached hydrogens (primary N) is 1. The van der Waals surface area contributed by atoms with Crippen LogP contribution in [-0.2, 0) is 10.0 Å². The van der Waals surface area contributed by atoms with Gasteiger partial charge in [-0.05, 0) is 0 Å². The van der Waals surface area contributed by atoms with Gasteiger partial charge in [-0.2, -0.15) is 0 Å². The van der Waals surface area contributed by atoms with Crippen LogP contribution in [0, 0.1) is 0 Å². The Morgan fingerprint density at radius 1 is 1.64 bits per heavy atom. The van der Waals surface area contributed by atoms with Crippen LogP contribution in [-0.4, -0.2) is 33.8 Å². The van der Waals surface area contributed by atoms with E-state index in [0.29, 0.717) is 0 Å². The zero-order chi connectivity index (χ0) is 8.91. The first kappa shape index (κ1) is 10.2. The Morgan fingerprint density at radius 3 is 2.55 bits per heavy atom. The van der Waals surface area contributed by atoms with Crippen LogP contribution >= 0.6 is 0 Å². The van der Waals surface area contributed by atoms with Crippen LogP contribution in [0.1, 0.15) is 0 Å². The molecule has 0 atom stereocenters. The Balaban J connectivity index is 3.37. The zero-order valence-corrected chi connectivity index (χ0v) is 6.89. The van der Waals surface area contributed by atoms with Gasteiger partial charge >= 0.3 is 6.03 Å². The molecule has 0 aromatic carbocycles. The smallest absolute Gasteiger partial charge is 0.333 e. The minimum absolute atomic E-state index is 0.0718. The lowest BCUT2D eigenvalue weighted by Crippen LogP contribution is -2.32. The highest BCUT2D eigenvalue weighted by Gasteiger charge is 1.99. The maximum absolute atomic E-state index is 10.4. The molecular weight excluding hydrogens is 170 g/mol. The Labute approximate surface area is 65.2 Å². The summed E-state index contributed by atoms with van der Waals surface area (Å²) >= 11 is 0. The number of nitrogens with zero attached hydrogens (tertiary/aromatic N) is 1. The van der Waals surface area contributed by atoms with Gasteiger partial charge < -0.3 is 5.73 Å². The second kappa shape index (κ2) is 4.14. The highest BCUT2D eigenvalue weighted by atomic mass is 32.2. The second-order valence-electron chi connectivity index (χ2n) is 1.89. The topological polar surface area (TPSA) is 103 Å². The number of urea groups is 1. The number of rotatable bonds is 4. The lowest BCUT2D eigenvalue weighted by atomic mass is 10.6. The number of hydrogen-bond donors (Lipinski definition) is 2. The van der Waals surface area contributed by atoms with E-state index in [9.17, 15) is 13.2 Å². The fraction of sp³-hybridized carbons (Fsp3) is 0.750. The maximum Gasteiger partial charge on any atom is 0.333 e. The molecule has 65 valence electrons. The van der Waals surface area contributed by atoms with E-state index < -0.39 is 16.1 Å². The molecule has 0 aliphatic rings. The van der Waals surface area contributed by atoms with Crippen LogP contribution < -0.4 is 15.8 Å². The maximum atomic E-state index is 10.4. The molecule has 0 spiro atoms. The van der Waals surface area contributed by atoms with E-state index in [2.05, 4.69) is 15.8 Å². The number of carbonyl (C=O) groups is 1. The monoisotopic (exact) mass is 180 g/mol. The van der Waals surface area contributed by atoms with Gasteiger partial charge in [-0.25, -0.2) is 23.3 Å². The Kier molecular flexibility index (Phi) is 3.83. The molecule has 11 heavy (non-hydrogen) atoms. The molecule has 0 saturated carbocycles. The van der Waals surface area contributed by atoms with E-state index in [1.165, 1.54) is 0 Å². The van der Waals surface area contributed by atoms with Gasteiger partial charge in [0.25, 0.3) is 0 Å². The third-order valence-corrected chi connectivity index (χ3v) is 1.47. The highest BCUT2D eigenvalue weighted by Crippen LogP contribution is 1.71. The molecule has 6 nitrogen and oxygen atoms in total. The molecule has 0 aliphatic carbocycles. The second-order valence-corrected chi connectivity index (χ2v) is 3.72. The van der Waals surface area contributed by atoms with Crippen molar-refractivity contribution >= 4 is 16.1 Å². The van der Waals surface area contributed by atoms with Crippen molar-refractivity contribution in [3.63, 3.8) is 0 Å². The van der Waals surface area contributed by atoms with E-state index in [0.717, 1.165) is 6.26 Å².